The van der Waals surface area contributed by atoms with Crippen molar-refractivity contribution < 1.29 is 59.2 Å². The zero-order valence-electron chi connectivity index (χ0n) is 69.5. The lowest BCUT2D eigenvalue weighted by Crippen LogP contribution is -2.36. The number of hydrogen-bond donors (Lipinski definition) is 0. The van der Waals surface area contributed by atoms with E-state index < -0.39 is 11.7 Å². The molecule has 0 amide bonds. The molecule has 9 aliphatic rings. The molecule has 0 aliphatic carbocycles. The second-order valence-electron chi connectivity index (χ2n) is 32.6. The van der Waals surface area contributed by atoms with Crippen LogP contribution >= 0.6 is 0 Å². The van der Waals surface area contributed by atoms with Crippen LogP contribution in [0.15, 0.2) is 264 Å². The number of halogens is 7. The van der Waals surface area contributed by atoms with Gasteiger partial charge in [0.1, 0.15) is 90.8 Å². The Morgan fingerprint density at radius 3 is 0.868 bits per heavy atom. The predicted molar refractivity (Wildman–Crippen MR) is 469 cm³/mol. The molecule has 0 unspecified atom stereocenters. The number of alkyl halides is 3. The van der Waals surface area contributed by atoms with E-state index in [2.05, 4.69) is 51.6 Å². The highest BCUT2D eigenvalue weighted by atomic mass is 19.4. The van der Waals surface area contributed by atoms with Crippen molar-refractivity contribution in [2.24, 2.45) is 5.92 Å². The van der Waals surface area contributed by atoms with Gasteiger partial charge in [0, 0.05) is 54.0 Å². The van der Waals surface area contributed by atoms with E-state index in [1.54, 1.807) is 55.6 Å². The van der Waals surface area contributed by atoms with Gasteiger partial charge < -0.3 is 28.4 Å². The molecule has 9 aliphatic heterocycles. The third-order valence-corrected chi connectivity index (χ3v) is 24.2. The minimum Gasteiger partial charge on any atom is -0.497 e. The largest absolute Gasteiger partial charge is 0.497 e. The van der Waals surface area contributed by atoms with Gasteiger partial charge >= 0.3 is 6.18 Å². The van der Waals surface area contributed by atoms with Gasteiger partial charge in [0.15, 0.2) is 0 Å². The smallest absolute Gasteiger partial charge is 0.416 e. The van der Waals surface area contributed by atoms with E-state index >= 15 is 0 Å². The maximum Gasteiger partial charge on any atom is 0.416 e. The molecule has 0 radical (unpaired) electrons. The third-order valence-electron chi connectivity index (χ3n) is 24.2. The molecule has 628 valence electrons. The molecule has 4 fully saturated rings. The Morgan fingerprint density at radius 1 is 0.314 bits per heavy atom. The Morgan fingerprint density at radius 2 is 0.579 bits per heavy atom. The SMILES string of the molecule is CC1CCN(CC2=C(c3ccc(F)cc3)c3ccccc3OC2)CC1.CCC1=C(c2ccc(F)cc2)c2cc(OC)ccc2OC1.FC(F)(F)c1ccc(C2=C(CN3CCCCC3)COc3ccccc32)cc1.Fc1ccc(C2=C(CN3CCCCC3)COc3ccccc32)cc1.Fc1ccc(C2=C(CN3CCCCC3)COc3ccccc32)cc1. The maximum absolute atomic E-state index is 13.4. The van der Waals surface area contributed by atoms with Crippen LogP contribution < -0.4 is 28.4 Å². The fourth-order valence-electron chi connectivity index (χ4n) is 17.8. The van der Waals surface area contributed by atoms with Crippen LogP contribution in [-0.4, -0.2) is 138 Å². The number of rotatable bonds is 15. The fraction of sp³-hybridized carbons (Fsp3) is 0.327. The standard InChI is InChI=1S/C22H22F3NO.C22H24FNO.2C21H22FNO.C18H17FO2/c23-22(24,25)18-10-8-16(9-11-18)21-17(14-26-12-4-1-5-13-26)15-27-20-7-3-2-6-19(20)21;1-16-10-12-24(13-11-16)14-18-15-25-21-5-3-2-4-20(21)22(18)17-6-8-19(23)9-7-17;2*22-18-10-8-16(9-11-18)21-17(14-23-12-4-1-5-13-23)15-24-20-7-3-2-6-19(20)21;1-3-12-11-21-17-9-8-15(20-2)10-16(17)18(12)13-4-6-14(19)7-5-13/h2-3,6-11H,1,4-5,12-15H2;2-9,16H,10-15H2,1H3;2*2-3,6-11H,1,4-5,12-15H2;4-10H,3,11H2,1-2H3. The van der Waals surface area contributed by atoms with Crippen LogP contribution in [0.1, 0.15) is 152 Å². The summed E-state index contributed by atoms with van der Waals surface area (Å²) in [6.45, 7) is 19.9. The van der Waals surface area contributed by atoms with Gasteiger partial charge in [-0.3, -0.25) is 19.6 Å². The molecule has 121 heavy (non-hydrogen) atoms. The van der Waals surface area contributed by atoms with E-state index in [0.29, 0.717) is 33.0 Å². The van der Waals surface area contributed by atoms with Crippen molar-refractivity contribution in [2.45, 2.75) is 97.1 Å². The molecule has 0 aromatic heterocycles. The van der Waals surface area contributed by atoms with Crippen LogP contribution in [0.5, 0.6) is 34.5 Å². The maximum atomic E-state index is 13.4. The molecule has 0 bridgehead atoms. The number of ether oxygens (including phenoxy) is 6. The molecule has 0 N–H and O–H groups in total. The van der Waals surface area contributed by atoms with Crippen LogP contribution in [0.4, 0.5) is 30.7 Å². The number of methoxy groups -OCH3 is 1. The van der Waals surface area contributed by atoms with Crippen molar-refractivity contribution in [3.05, 3.63) is 349 Å². The normalized spacial score (nSPS) is 17.5. The highest BCUT2D eigenvalue weighted by molar-refractivity contribution is 5.90. The second-order valence-corrected chi connectivity index (χ2v) is 32.6. The summed E-state index contributed by atoms with van der Waals surface area (Å²) in [5.74, 6) is 5.17. The van der Waals surface area contributed by atoms with E-state index in [9.17, 15) is 30.7 Å². The van der Waals surface area contributed by atoms with Crippen LogP contribution in [0, 0.1) is 29.2 Å². The Hall–Kier alpha value is -11.0. The molecule has 0 spiro atoms. The molecular formula is C104H107F7N4O6. The lowest BCUT2D eigenvalue weighted by Gasteiger charge is -2.33. The topological polar surface area (TPSA) is 68.3 Å². The lowest BCUT2D eigenvalue weighted by atomic mass is 9.90. The van der Waals surface area contributed by atoms with E-state index in [4.69, 9.17) is 28.4 Å². The third kappa shape index (κ3) is 21.5. The average Bonchev–Trinajstić information content (AvgIpc) is 0.799. The Bertz CT molecular complexity index is 5190. The lowest BCUT2D eigenvalue weighted by molar-refractivity contribution is -0.137. The van der Waals surface area contributed by atoms with Crippen LogP contribution in [0.25, 0.3) is 27.9 Å². The summed E-state index contributed by atoms with van der Waals surface area (Å²) < 4.78 is 127. The molecule has 9 heterocycles. The van der Waals surface area contributed by atoms with Crippen molar-refractivity contribution >= 4 is 27.9 Å². The van der Waals surface area contributed by atoms with Crippen molar-refractivity contribution in [1.29, 1.82) is 0 Å². The number of nitrogens with zero attached hydrogens (tertiary/aromatic N) is 4. The monoisotopic (exact) mass is 1640 g/mol. The number of para-hydroxylation sites is 4. The first-order valence-corrected chi connectivity index (χ1v) is 43.0. The van der Waals surface area contributed by atoms with Gasteiger partial charge in [-0.05, 0) is 303 Å². The van der Waals surface area contributed by atoms with Crippen molar-refractivity contribution in [1.82, 2.24) is 19.6 Å². The number of hydrogen-bond acceptors (Lipinski definition) is 10. The quantitative estimate of drug-likeness (QED) is 0.0927. The number of benzene rings is 10. The van der Waals surface area contributed by atoms with Crippen LogP contribution in [0.3, 0.4) is 0 Å². The van der Waals surface area contributed by atoms with E-state index in [-0.39, 0.29) is 23.3 Å². The van der Waals surface area contributed by atoms with Gasteiger partial charge in [0.2, 0.25) is 0 Å². The number of fused-ring (bicyclic) bond motifs is 5. The molecule has 0 atom stereocenters. The van der Waals surface area contributed by atoms with Gasteiger partial charge in [-0.2, -0.15) is 13.2 Å². The molecule has 10 aromatic carbocycles. The highest BCUT2D eigenvalue weighted by Gasteiger charge is 2.33. The van der Waals surface area contributed by atoms with Crippen molar-refractivity contribution in [2.75, 3.05) is 119 Å². The molecule has 4 saturated heterocycles. The molecule has 19 rings (SSSR count). The first kappa shape index (κ1) is 85.0. The number of likely N-dealkylation sites (tertiary alicyclic amines) is 4. The Labute approximate surface area is 707 Å². The summed E-state index contributed by atoms with van der Waals surface area (Å²) in [7, 11) is 1.65. The summed E-state index contributed by atoms with van der Waals surface area (Å²) in [4.78, 5) is 9.97. The zero-order chi connectivity index (χ0) is 83.6. The number of piperidine rings is 4. The van der Waals surface area contributed by atoms with Crippen molar-refractivity contribution in [3.8, 4) is 34.5 Å². The first-order chi connectivity index (χ1) is 59.1. The summed E-state index contributed by atoms with van der Waals surface area (Å²) in [6.07, 6.45) is 10.5. The van der Waals surface area contributed by atoms with Gasteiger partial charge in [0.25, 0.3) is 0 Å². The zero-order valence-corrected chi connectivity index (χ0v) is 69.5. The highest BCUT2D eigenvalue weighted by Crippen LogP contribution is 2.45. The molecular weight excluding hydrogens is 1530 g/mol. The van der Waals surface area contributed by atoms with Gasteiger partial charge in [-0.15, -0.1) is 0 Å². The minimum atomic E-state index is -4.32. The average molecular weight is 1640 g/mol. The summed E-state index contributed by atoms with van der Waals surface area (Å²) in [5, 5.41) is 0. The van der Waals surface area contributed by atoms with Crippen LogP contribution in [-0.2, 0) is 6.18 Å². The molecule has 0 saturated carbocycles. The fourth-order valence-corrected chi connectivity index (χ4v) is 17.8. The van der Waals surface area contributed by atoms with E-state index in [1.165, 1.54) is 134 Å². The summed E-state index contributed by atoms with van der Waals surface area (Å²) >= 11 is 0. The van der Waals surface area contributed by atoms with Gasteiger partial charge in [0.05, 0.1) is 12.7 Å². The predicted octanol–water partition coefficient (Wildman–Crippen LogP) is 23.6. The Balaban J connectivity index is 0.000000118. The first-order valence-electron chi connectivity index (χ1n) is 43.0. The summed E-state index contributed by atoms with van der Waals surface area (Å²) in [5.41, 5.74) is 21.7. The molecule has 10 nitrogen and oxygen atoms in total. The van der Waals surface area contributed by atoms with Gasteiger partial charge in [-0.25, -0.2) is 17.6 Å². The minimum absolute atomic E-state index is 0.197. The van der Waals surface area contributed by atoms with E-state index in [1.807, 2.05) is 146 Å². The Kier molecular flexibility index (Phi) is 28.5. The van der Waals surface area contributed by atoms with E-state index in [0.717, 1.165) is 198 Å². The second kappa shape index (κ2) is 40.6. The molecule has 10 aromatic rings. The van der Waals surface area contributed by atoms with Crippen LogP contribution in [0.2, 0.25) is 0 Å². The summed E-state index contributed by atoms with van der Waals surface area (Å²) in [6, 6.07) is 70.6. The molecule has 17 heteroatoms. The van der Waals surface area contributed by atoms with Gasteiger partial charge in [-0.1, -0.05) is 167 Å². The van der Waals surface area contributed by atoms with Crippen molar-refractivity contribution in [3.63, 3.8) is 0 Å².